The van der Waals surface area contributed by atoms with Gasteiger partial charge in [0, 0.05) is 12.8 Å². The highest BCUT2D eigenvalue weighted by Gasteiger charge is 2.28. The third-order valence-corrected chi connectivity index (χ3v) is 10.4. The molecule has 0 saturated carbocycles. The van der Waals surface area contributed by atoms with E-state index in [4.69, 9.17) is 23.8 Å². The van der Waals surface area contributed by atoms with Crippen LogP contribution >= 0.6 is 15.6 Å². The summed E-state index contributed by atoms with van der Waals surface area (Å²) in [6.07, 6.45) is 26.0. The highest BCUT2D eigenvalue weighted by Crippen LogP contribution is 2.43. The molecule has 6 atom stereocenters. The zero-order valence-corrected chi connectivity index (χ0v) is 38.3. The molecule has 0 saturated heterocycles. The van der Waals surface area contributed by atoms with Crippen molar-refractivity contribution in [2.75, 3.05) is 26.4 Å². The molecule has 0 aliphatic carbocycles. The second-order valence-corrected chi connectivity index (χ2v) is 18.0. The largest absolute Gasteiger partial charge is 0.472 e. The van der Waals surface area contributed by atoms with Gasteiger partial charge in [-0.1, -0.05) is 152 Å². The number of carbonyl (C=O) groups is 2. The van der Waals surface area contributed by atoms with Crippen LogP contribution in [0.2, 0.25) is 0 Å². The van der Waals surface area contributed by atoms with Crippen LogP contribution in [0.15, 0.2) is 60.8 Å². The van der Waals surface area contributed by atoms with Crippen LogP contribution < -0.4 is 0 Å². The van der Waals surface area contributed by atoms with E-state index < -0.39 is 84.5 Å². The molecule has 0 rings (SSSR count). The summed E-state index contributed by atoms with van der Waals surface area (Å²) in [5.41, 5.74) is 0. The number of ether oxygens (including phenoxy) is 2. The molecule has 0 aromatic rings. The molecule has 18 heteroatoms. The van der Waals surface area contributed by atoms with Crippen molar-refractivity contribution >= 4 is 27.6 Å². The van der Waals surface area contributed by atoms with Gasteiger partial charge in [-0.25, -0.2) is 9.13 Å². The van der Waals surface area contributed by atoms with E-state index in [0.29, 0.717) is 12.8 Å². The molecule has 0 bridgehead atoms. The van der Waals surface area contributed by atoms with Crippen molar-refractivity contribution in [3.8, 4) is 0 Å². The lowest BCUT2D eigenvalue weighted by Gasteiger charge is -2.21. The molecule has 0 heterocycles. The van der Waals surface area contributed by atoms with Crippen LogP contribution in [0.25, 0.3) is 0 Å². The Balaban J connectivity index is 4.86. The summed E-state index contributed by atoms with van der Waals surface area (Å²) in [5.74, 6) is -0.602. The number of unbranched alkanes of at least 4 members (excludes halogenated alkanes) is 10. The summed E-state index contributed by atoms with van der Waals surface area (Å²) in [7, 11) is -9.81. The number of hydrogen-bond donors (Lipinski definition) is 7. The lowest BCUT2D eigenvalue weighted by molar-refractivity contribution is -0.161. The van der Waals surface area contributed by atoms with Crippen LogP contribution in [-0.4, -0.2) is 104 Å². The molecule has 7 N–H and O–H groups in total. The van der Waals surface area contributed by atoms with Gasteiger partial charge in [0.15, 0.2) is 6.10 Å². The summed E-state index contributed by atoms with van der Waals surface area (Å²) in [6.45, 7) is 3.45. The Bertz CT molecular complexity index is 1380. The highest BCUT2D eigenvalue weighted by atomic mass is 31.2. The van der Waals surface area contributed by atoms with E-state index in [1.807, 2.05) is 19.1 Å². The SMILES string of the molecule is CC/C=C\C[C@H](O)/C=C/C=C/C=C\C=C/[C@@H](O)[C@H](O)CCCC(=O)O[C@H](COC(=O)CCCCCCCCCCCCCC(C)C)COP(=O)(O)OC[C@@H](O)COP(=O)(O)O. The van der Waals surface area contributed by atoms with E-state index >= 15 is 0 Å². The van der Waals surface area contributed by atoms with Gasteiger partial charge in [-0.15, -0.1) is 0 Å². The van der Waals surface area contributed by atoms with Crippen LogP contribution in [0.5, 0.6) is 0 Å². The molecule has 0 aliphatic heterocycles. The zero-order chi connectivity index (χ0) is 45.8. The molecule has 16 nitrogen and oxygen atoms in total. The van der Waals surface area contributed by atoms with E-state index in [-0.39, 0.29) is 25.7 Å². The van der Waals surface area contributed by atoms with E-state index in [1.165, 1.54) is 51.0 Å². The predicted octanol–water partition coefficient (Wildman–Crippen LogP) is 7.61. The average molecular weight is 911 g/mol. The second-order valence-electron chi connectivity index (χ2n) is 15.3. The maximum Gasteiger partial charge on any atom is 0.472 e. The summed E-state index contributed by atoms with van der Waals surface area (Å²) < 4.78 is 47.5. The summed E-state index contributed by atoms with van der Waals surface area (Å²) in [4.78, 5) is 52.7. The Labute approximate surface area is 363 Å². The molecular formula is C43H76O16P2. The van der Waals surface area contributed by atoms with Crippen LogP contribution in [0.3, 0.4) is 0 Å². The molecule has 0 radical (unpaired) electrons. The maximum atomic E-state index is 12.7. The smallest absolute Gasteiger partial charge is 0.462 e. The first-order valence-electron chi connectivity index (χ1n) is 21.7. The van der Waals surface area contributed by atoms with Gasteiger partial charge in [0.05, 0.1) is 38.1 Å². The lowest BCUT2D eigenvalue weighted by Crippen LogP contribution is -2.30. The van der Waals surface area contributed by atoms with Gasteiger partial charge in [0.1, 0.15) is 12.7 Å². The zero-order valence-electron chi connectivity index (χ0n) is 36.5. The fourth-order valence-corrected chi connectivity index (χ4v) is 6.68. The number of phosphoric acid groups is 2. The standard InChI is InChI=1S/C43H76O16P2/c1-4-5-19-26-37(44)27-21-16-13-14-17-22-28-40(46)41(47)29-24-31-43(49)59-39(35-58-61(53,54)57-33-38(45)32-56-60(50,51)52)34-55-42(48)30-23-18-12-10-8-6-7-9-11-15-20-25-36(2)3/h5,13-14,16-17,19,21-22,27-28,36-41,44-47H,4,6-12,15,18,20,23-26,29-35H2,1-3H3,(H,53,54)(H2,50,51,52)/b16-13+,17-14-,19-5-,27-21+,28-22-/t37-,38-,39+,40+,41+/m0/s1. The first kappa shape index (κ1) is 58.7. The Morgan fingerprint density at radius 1 is 0.590 bits per heavy atom. The fraction of sp³-hybridized carbons (Fsp3) is 0.721. The number of phosphoric ester groups is 2. The van der Waals surface area contributed by atoms with E-state index in [9.17, 15) is 44.0 Å². The van der Waals surface area contributed by atoms with Crippen molar-refractivity contribution in [2.24, 2.45) is 5.92 Å². The molecular weight excluding hydrogens is 834 g/mol. The molecule has 0 aromatic heterocycles. The summed E-state index contributed by atoms with van der Waals surface area (Å²) in [6, 6.07) is 0. The Kier molecular flexibility index (Phi) is 35.7. The minimum absolute atomic E-state index is 0.0211. The second kappa shape index (κ2) is 37.1. The summed E-state index contributed by atoms with van der Waals surface area (Å²) >= 11 is 0. The van der Waals surface area contributed by atoms with Gasteiger partial charge in [-0.2, -0.15) is 0 Å². The maximum absolute atomic E-state index is 12.7. The topological polar surface area (TPSA) is 256 Å². The minimum Gasteiger partial charge on any atom is -0.462 e. The van der Waals surface area contributed by atoms with Gasteiger partial charge in [0.25, 0.3) is 0 Å². The van der Waals surface area contributed by atoms with Crippen molar-refractivity contribution in [1.29, 1.82) is 0 Å². The van der Waals surface area contributed by atoms with Crippen LogP contribution in [0, 0.1) is 5.92 Å². The first-order valence-corrected chi connectivity index (χ1v) is 24.7. The van der Waals surface area contributed by atoms with Gasteiger partial charge < -0.3 is 44.6 Å². The van der Waals surface area contributed by atoms with Crippen molar-refractivity contribution < 1.29 is 76.9 Å². The molecule has 0 aromatic carbocycles. The van der Waals surface area contributed by atoms with Crippen molar-refractivity contribution in [1.82, 2.24) is 0 Å². The lowest BCUT2D eigenvalue weighted by atomic mass is 10.0. The van der Waals surface area contributed by atoms with Crippen LogP contribution in [0.1, 0.15) is 136 Å². The molecule has 0 fully saturated rings. The number of aliphatic hydroxyl groups is 4. The van der Waals surface area contributed by atoms with Gasteiger partial charge >= 0.3 is 27.6 Å². The number of rotatable bonds is 39. The van der Waals surface area contributed by atoms with E-state index in [1.54, 1.807) is 42.5 Å². The third kappa shape index (κ3) is 40.2. The van der Waals surface area contributed by atoms with Crippen molar-refractivity contribution in [3.05, 3.63) is 60.8 Å². The van der Waals surface area contributed by atoms with E-state index in [2.05, 4.69) is 22.9 Å². The van der Waals surface area contributed by atoms with Gasteiger partial charge in [0.2, 0.25) is 0 Å². The fourth-order valence-electron chi connectivity index (χ4n) is 5.52. The Hall–Kier alpha value is -2.30. The first-order chi connectivity index (χ1) is 28.9. The number of allylic oxidation sites excluding steroid dienone is 7. The predicted molar refractivity (Wildman–Crippen MR) is 234 cm³/mol. The number of carbonyl (C=O) groups excluding carboxylic acids is 2. The third-order valence-electron chi connectivity index (χ3n) is 8.93. The normalized spacial score (nSPS) is 16.2. The number of aliphatic hydroxyl groups excluding tert-OH is 4. The van der Waals surface area contributed by atoms with Crippen molar-refractivity contribution in [2.45, 2.75) is 167 Å². The Morgan fingerprint density at radius 3 is 1.70 bits per heavy atom. The molecule has 1 unspecified atom stereocenters. The van der Waals surface area contributed by atoms with Crippen LogP contribution in [0.4, 0.5) is 0 Å². The average Bonchev–Trinajstić information content (AvgIpc) is 3.19. The molecule has 0 spiro atoms. The minimum atomic E-state index is -4.91. The highest BCUT2D eigenvalue weighted by molar-refractivity contribution is 7.47. The molecule has 0 amide bonds. The number of hydrogen-bond acceptors (Lipinski definition) is 13. The molecule has 354 valence electrons. The molecule has 0 aliphatic rings. The number of esters is 2. The van der Waals surface area contributed by atoms with E-state index in [0.717, 1.165) is 38.0 Å². The quantitative estimate of drug-likeness (QED) is 0.0103. The monoisotopic (exact) mass is 910 g/mol. The van der Waals surface area contributed by atoms with Gasteiger partial charge in [-0.05, 0) is 38.0 Å². The summed E-state index contributed by atoms with van der Waals surface area (Å²) in [5, 5.41) is 40.2. The van der Waals surface area contributed by atoms with Crippen LogP contribution in [-0.2, 0) is 41.8 Å². The van der Waals surface area contributed by atoms with Crippen molar-refractivity contribution in [3.63, 3.8) is 0 Å². The van der Waals surface area contributed by atoms with Gasteiger partial charge in [-0.3, -0.25) is 23.2 Å². The molecule has 61 heavy (non-hydrogen) atoms. The Morgan fingerprint density at radius 2 is 1.11 bits per heavy atom.